The number of allylic oxidation sites excluding steroid dienone is 2. The second-order valence-corrected chi connectivity index (χ2v) is 9.53. The van der Waals surface area contributed by atoms with E-state index in [2.05, 4.69) is 34.5 Å². The fraction of sp³-hybridized carbons (Fsp3) is 0.565. The van der Waals surface area contributed by atoms with Gasteiger partial charge in [0, 0.05) is 54.5 Å². The Bertz CT molecular complexity index is 1060. The van der Waals surface area contributed by atoms with Gasteiger partial charge in [-0.3, -0.25) is 14.6 Å². The van der Waals surface area contributed by atoms with Gasteiger partial charge in [-0.15, -0.1) is 0 Å². The zero-order valence-electron chi connectivity index (χ0n) is 17.6. The summed E-state index contributed by atoms with van der Waals surface area (Å²) in [4.78, 5) is 6.87. The van der Waals surface area contributed by atoms with Crippen molar-refractivity contribution in [3.63, 3.8) is 0 Å². The lowest BCUT2D eigenvalue weighted by atomic mass is 10.0. The molecule has 4 heterocycles. The molecule has 1 saturated carbocycles. The average molecular weight is 430 g/mol. The summed E-state index contributed by atoms with van der Waals surface area (Å²) in [6.07, 6.45) is -1.25. The van der Waals surface area contributed by atoms with E-state index in [9.17, 15) is 13.2 Å². The molecule has 2 aromatic heterocycles. The van der Waals surface area contributed by atoms with E-state index in [0.717, 1.165) is 26.3 Å². The van der Waals surface area contributed by atoms with Crippen LogP contribution in [0.25, 0.3) is 16.8 Å². The Morgan fingerprint density at radius 1 is 1.13 bits per heavy atom. The van der Waals surface area contributed by atoms with Gasteiger partial charge in [0.1, 0.15) is 0 Å². The number of halogens is 3. The number of likely N-dealkylation sites (tertiary alicyclic amines) is 1. The van der Waals surface area contributed by atoms with Crippen LogP contribution in [0.15, 0.2) is 24.4 Å². The van der Waals surface area contributed by atoms with E-state index in [4.69, 9.17) is 9.84 Å². The van der Waals surface area contributed by atoms with E-state index in [1.165, 1.54) is 11.8 Å². The summed E-state index contributed by atoms with van der Waals surface area (Å²) in [7, 11) is 0. The highest BCUT2D eigenvalue weighted by atomic mass is 19.4. The summed E-state index contributed by atoms with van der Waals surface area (Å²) in [5.74, 6) is 1.76. The van der Waals surface area contributed by atoms with Crippen LogP contribution < -0.4 is 0 Å². The van der Waals surface area contributed by atoms with Crippen LogP contribution in [0.1, 0.15) is 42.8 Å². The topological polar surface area (TPSA) is 43.2 Å². The second kappa shape index (κ2) is 6.65. The van der Waals surface area contributed by atoms with Gasteiger partial charge in [-0.2, -0.15) is 18.3 Å². The van der Waals surface area contributed by atoms with Crippen molar-refractivity contribution >= 4 is 5.57 Å². The van der Waals surface area contributed by atoms with E-state index in [1.807, 2.05) is 0 Å². The smallest absolute Gasteiger partial charge is 0.378 e. The number of hydrogen-bond acceptors (Lipinski definition) is 4. The van der Waals surface area contributed by atoms with Crippen molar-refractivity contribution in [2.75, 3.05) is 26.3 Å². The zero-order valence-corrected chi connectivity index (χ0v) is 17.6. The number of rotatable bonds is 4. The first-order valence-corrected chi connectivity index (χ1v) is 11.0. The number of piperidine rings is 1. The minimum absolute atomic E-state index is 0.187. The van der Waals surface area contributed by atoms with E-state index >= 15 is 0 Å². The minimum atomic E-state index is -4.36. The average Bonchev–Trinajstić information content (AvgIpc) is 3.11. The highest BCUT2D eigenvalue weighted by Gasteiger charge is 2.58. The summed E-state index contributed by atoms with van der Waals surface area (Å²) in [6, 6.07) is 4.45. The molecule has 3 atom stereocenters. The Labute approximate surface area is 178 Å². The van der Waals surface area contributed by atoms with Crippen LogP contribution in [0.4, 0.5) is 13.2 Å². The molecule has 2 aromatic rings. The van der Waals surface area contributed by atoms with Crippen LogP contribution in [-0.4, -0.2) is 58.2 Å². The first-order chi connectivity index (χ1) is 14.8. The van der Waals surface area contributed by atoms with Crippen molar-refractivity contribution in [3.8, 4) is 11.3 Å². The third-order valence-corrected chi connectivity index (χ3v) is 7.32. The number of pyridine rings is 1. The molecule has 8 heteroatoms. The van der Waals surface area contributed by atoms with Crippen molar-refractivity contribution in [3.05, 3.63) is 41.4 Å². The van der Waals surface area contributed by atoms with E-state index < -0.39 is 11.7 Å². The number of hydrogen-bond donors (Lipinski definition) is 0. The molecule has 4 aliphatic rings. The van der Waals surface area contributed by atoms with Gasteiger partial charge in [0.05, 0.1) is 36.2 Å². The number of nitrogens with zero attached hydrogens (tertiary/aromatic N) is 4. The van der Waals surface area contributed by atoms with Crippen LogP contribution in [0.3, 0.4) is 0 Å². The second-order valence-electron chi connectivity index (χ2n) is 9.53. The number of alkyl halides is 3. The monoisotopic (exact) mass is 430 g/mol. The van der Waals surface area contributed by atoms with E-state index in [1.54, 1.807) is 12.3 Å². The lowest BCUT2D eigenvalue weighted by Gasteiger charge is -2.35. The van der Waals surface area contributed by atoms with Gasteiger partial charge in [0.15, 0.2) is 0 Å². The minimum Gasteiger partial charge on any atom is -0.378 e. The van der Waals surface area contributed by atoms with Crippen LogP contribution in [-0.2, 0) is 11.2 Å². The first kappa shape index (κ1) is 19.5. The molecule has 0 aromatic carbocycles. The first-order valence-electron chi connectivity index (χ1n) is 11.0. The molecular weight excluding hydrogens is 405 g/mol. The van der Waals surface area contributed by atoms with Crippen LogP contribution in [0.5, 0.6) is 0 Å². The summed E-state index contributed by atoms with van der Waals surface area (Å²) >= 11 is 0. The van der Waals surface area contributed by atoms with Crippen molar-refractivity contribution in [2.45, 2.75) is 44.4 Å². The van der Waals surface area contributed by atoms with E-state index in [-0.39, 0.29) is 18.0 Å². The van der Waals surface area contributed by atoms with Crippen molar-refractivity contribution < 1.29 is 17.9 Å². The molecule has 164 valence electrons. The standard InChI is InChI=1S/C23H25F3N4O/c1-12(2)30-21(22-16-8-29(9-17(16)22)14-10-31-11-14)6-20(28-30)13-5-15-18(23(24,25)26)3-4-19(15)27-7-13/h3,5-7,12,14,16-17,22H,4,8-11H2,1-2H3/t16-,17+,22?. The fourth-order valence-electron chi connectivity index (χ4n) is 5.55. The Morgan fingerprint density at radius 3 is 2.48 bits per heavy atom. The lowest BCUT2D eigenvalue weighted by Crippen LogP contribution is -2.48. The Kier molecular flexibility index (Phi) is 4.18. The van der Waals surface area contributed by atoms with Crippen LogP contribution in [0.2, 0.25) is 0 Å². The largest absolute Gasteiger partial charge is 0.416 e. The SMILES string of the molecule is CC(C)n1nc(-c2cnc3c(c2)C(C(F)(F)F)=CC3)cc1C1[C@H]2CN(C3COC3)C[C@@H]12. The molecule has 2 saturated heterocycles. The molecular formula is C23H25F3N4O. The van der Waals surface area contributed by atoms with Crippen LogP contribution >= 0.6 is 0 Å². The van der Waals surface area contributed by atoms with Gasteiger partial charge in [0.2, 0.25) is 0 Å². The molecule has 0 bridgehead atoms. The molecule has 0 amide bonds. The van der Waals surface area contributed by atoms with Gasteiger partial charge < -0.3 is 4.74 Å². The molecule has 3 fully saturated rings. The van der Waals surface area contributed by atoms with Gasteiger partial charge in [-0.25, -0.2) is 0 Å². The maximum absolute atomic E-state index is 13.4. The molecule has 1 unspecified atom stereocenters. The quantitative estimate of drug-likeness (QED) is 0.734. The molecule has 6 rings (SSSR count). The van der Waals surface area contributed by atoms with Gasteiger partial charge >= 0.3 is 6.18 Å². The molecule has 2 aliphatic carbocycles. The highest BCUT2D eigenvalue weighted by molar-refractivity contribution is 5.78. The Morgan fingerprint density at radius 2 is 1.87 bits per heavy atom. The predicted octanol–water partition coefficient (Wildman–Crippen LogP) is 4.07. The number of aromatic nitrogens is 3. The molecule has 0 radical (unpaired) electrons. The molecule has 0 N–H and O–H groups in total. The Balaban J connectivity index is 1.29. The fourth-order valence-corrected chi connectivity index (χ4v) is 5.55. The maximum atomic E-state index is 13.4. The molecule has 31 heavy (non-hydrogen) atoms. The lowest BCUT2D eigenvalue weighted by molar-refractivity contribution is -0.0687. The normalized spacial score (nSPS) is 27.9. The third-order valence-electron chi connectivity index (χ3n) is 7.32. The zero-order chi connectivity index (χ0) is 21.5. The maximum Gasteiger partial charge on any atom is 0.416 e. The van der Waals surface area contributed by atoms with E-state index in [0.29, 0.717) is 40.7 Å². The van der Waals surface area contributed by atoms with Crippen molar-refractivity contribution in [2.24, 2.45) is 11.8 Å². The third kappa shape index (κ3) is 3.06. The van der Waals surface area contributed by atoms with Crippen LogP contribution in [0, 0.1) is 11.8 Å². The number of fused-ring (bicyclic) bond motifs is 2. The number of ether oxygens (including phenoxy) is 1. The van der Waals surface area contributed by atoms with Gasteiger partial charge in [-0.05, 0) is 37.8 Å². The summed E-state index contributed by atoms with van der Waals surface area (Å²) in [5, 5.41) is 4.81. The molecule has 2 aliphatic heterocycles. The predicted molar refractivity (Wildman–Crippen MR) is 109 cm³/mol. The van der Waals surface area contributed by atoms with Crippen molar-refractivity contribution in [1.29, 1.82) is 0 Å². The summed E-state index contributed by atoms with van der Waals surface area (Å²) in [6.45, 7) is 8.09. The summed E-state index contributed by atoms with van der Waals surface area (Å²) in [5.41, 5.74) is 2.65. The molecule has 0 spiro atoms. The summed E-state index contributed by atoms with van der Waals surface area (Å²) < 4.78 is 47.5. The van der Waals surface area contributed by atoms with Gasteiger partial charge in [-0.1, -0.05) is 6.08 Å². The Hall–Kier alpha value is -2.19. The highest BCUT2D eigenvalue weighted by Crippen LogP contribution is 2.59. The van der Waals surface area contributed by atoms with Crippen molar-refractivity contribution in [1.82, 2.24) is 19.7 Å². The molecule has 5 nitrogen and oxygen atoms in total. The van der Waals surface area contributed by atoms with Gasteiger partial charge in [0.25, 0.3) is 0 Å².